The van der Waals surface area contributed by atoms with Gasteiger partial charge in [0.25, 0.3) is 0 Å². The fraction of sp³-hybridized carbons (Fsp3) is 0.455. The van der Waals surface area contributed by atoms with Crippen molar-refractivity contribution in [2.24, 2.45) is 5.41 Å². The van der Waals surface area contributed by atoms with Gasteiger partial charge in [-0.15, -0.1) is 0 Å². The molecule has 0 radical (unpaired) electrons. The molecule has 0 aromatic carbocycles. The van der Waals surface area contributed by atoms with Crippen molar-refractivity contribution in [2.75, 3.05) is 26.7 Å². The topological polar surface area (TPSA) is 72.6 Å². The van der Waals surface area contributed by atoms with Gasteiger partial charge in [-0.2, -0.15) is 0 Å². The van der Waals surface area contributed by atoms with Gasteiger partial charge in [-0.1, -0.05) is 39.3 Å². The number of nitrogens with one attached hydrogen (secondary N) is 3. The van der Waals surface area contributed by atoms with E-state index in [1.807, 2.05) is 38.4 Å². The first-order valence-electron chi connectivity index (χ1n) is 14.7. The van der Waals surface area contributed by atoms with E-state index in [1.165, 1.54) is 71.7 Å². The van der Waals surface area contributed by atoms with Gasteiger partial charge in [-0.05, 0) is 81.6 Å². The van der Waals surface area contributed by atoms with E-state index in [9.17, 15) is 0 Å². The molecule has 6 heteroatoms. The molecule has 206 valence electrons. The first kappa shape index (κ1) is 27.4. The van der Waals surface area contributed by atoms with Crippen molar-refractivity contribution in [1.29, 1.82) is 0 Å². The number of fused-ring (bicyclic) bond motifs is 2. The number of nitrogens with zero attached hydrogens (tertiary/aromatic N) is 3. The van der Waals surface area contributed by atoms with Crippen LogP contribution < -0.4 is 5.32 Å². The van der Waals surface area contributed by atoms with Crippen molar-refractivity contribution in [3.63, 3.8) is 0 Å². The lowest BCUT2D eigenvalue weighted by molar-refractivity contribution is 0.129. The van der Waals surface area contributed by atoms with E-state index in [4.69, 9.17) is 0 Å². The monoisotopic (exact) mass is 524 g/mol. The molecule has 3 N–H and O–H groups in total. The fourth-order valence-corrected chi connectivity index (χ4v) is 6.54. The second kappa shape index (κ2) is 11.5. The molecule has 0 atom stereocenters. The number of aromatic amines is 2. The lowest BCUT2D eigenvalue weighted by Gasteiger charge is -2.46. The van der Waals surface area contributed by atoms with Crippen molar-refractivity contribution < 1.29 is 0 Å². The van der Waals surface area contributed by atoms with Crippen molar-refractivity contribution in [1.82, 2.24) is 30.2 Å². The molecular weight excluding hydrogens is 480 g/mol. The molecule has 0 unspecified atom stereocenters. The minimum absolute atomic E-state index is 0.203. The number of aromatic nitrogens is 4. The summed E-state index contributed by atoms with van der Waals surface area (Å²) in [5.41, 5.74) is 8.12. The highest BCUT2D eigenvalue weighted by Crippen LogP contribution is 2.48. The first-order chi connectivity index (χ1) is 19.1. The van der Waals surface area contributed by atoms with Crippen LogP contribution in [0.25, 0.3) is 33.2 Å². The average Bonchev–Trinajstić information content (AvgIpc) is 3.40. The first-order valence-corrected chi connectivity index (χ1v) is 14.7. The third-order valence-electron chi connectivity index (χ3n) is 8.46. The Kier molecular flexibility index (Phi) is 8.06. The van der Waals surface area contributed by atoms with Crippen LogP contribution in [0.5, 0.6) is 0 Å². The number of pyridine rings is 2. The maximum atomic E-state index is 4.39. The van der Waals surface area contributed by atoms with E-state index >= 15 is 0 Å². The number of likely N-dealkylation sites (N-methyl/N-ethyl adjacent to an activating group) is 2. The lowest BCUT2D eigenvalue weighted by Crippen LogP contribution is -2.43. The SMILES string of the molecule is C/C=C(/c1c[nH]c2ncccc12)C1(NCC)CC1.CC.CN1CC(c2c[nH]c3ncccc23)=CC2(CCC2)C1. The van der Waals surface area contributed by atoms with E-state index in [-0.39, 0.29) is 5.54 Å². The van der Waals surface area contributed by atoms with Crippen LogP contribution in [0.4, 0.5) is 0 Å². The summed E-state index contributed by atoms with van der Waals surface area (Å²) in [4.78, 5) is 17.8. The third-order valence-corrected chi connectivity index (χ3v) is 8.46. The van der Waals surface area contributed by atoms with E-state index in [2.05, 4.69) is 87.7 Å². The number of allylic oxidation sites excluding steroid dienone is 1. The molecule has 2 aliphatic carbocycles. The van der Waals surface area contributed by atoms with Gasteiger partial charge in [0, 0.05) is 70.7 Å². The zero-order valence-corrected chi connectivity index (χ0v) is 24.3. The number of rotatable bonds is 5. The second-order valence-corrected chi connectivity index (χ2v) is 11.1. The summed E-state index contributed by atoms with van der Waals surface area (Å²) in [5, 5.41) is 6.10. The maximum absolute atomic E-state index is 4.39. The van der Waals surface area contributed by atoms with E-state index in [1.54, 1.807) is 0 Å². The van der Waals surface area contributed by atoms with Gasteiger partial charge in [-0.3, -0.25) is 0 Å². The molecular formula is C33H44N6. The Labute approximate surface area is 233 Å². The highest BCUT2D eigenvalue weighted by atomic mass is 15.1. The Balaban J connectivity index is 0.000000149. The third kappa shape index (κ3) is 5.32. The Morgan fingerprint density at radius 3 is 2.28 bits per heavy atom. The van der Waals surface area contributed by atoms with Gasteiger partial charge in [0.05, 0.1) is 0 Å². The highest BCUT2D eigenvalue weighted by molar-refractivity contribution is 5.94. The summed E-state index contributed by atoms with van der Waals surface area (Å²) in [6.45, 7) is 11.6. The predicted molar refractivity (Wildman–Crippen MR) is 165 cm³/mol. The van der Waals surface area contributed by atoms with Crippen LogP contribution in [0.2, 0.25) is 0 Å². The van der Waals surface area contributed by atoms with Crippen molar-refractivity contribution in [3.05, 3.63) is 72.3 Å². The molecule has 2 saturated carbocycles. The molecule has 0 saturated heterocycles. The van der Waals surface area contributed by atoms with E-state index in [0.717, 1.165) is 24.4 Å². The summed E-state index contributed by atoms with van der Waals surface area (Å²) < 4.78 is 0. The normalized spacial score (nSPS) is 19.5. The van der Waals surface area contributed by atoms with Crippen LogP contribution in [0.1, 0.15) is 70.9 Å². The summed E-state index contributed by atoms with van der Waals surface area (Å²) in [7, 11) is 2.24. The van der Waals surface area contributed by atoms with Crippen molar-refractivity contribution >= 4 is 33.2 Å². The van der Waals surface area contributed by atoms with Gasteiger partial charge in [-0.25, -0.2) is 9.97 Å². The minimum Gasteiger partial charge on any atom is -0.346 e. The van der Waals surface area contributed by atoms with Crippen LogP contribution in [-0.4, -0.2) is 57.1 Å². The molecule has 6 nitrogen and oxygen atoms in total. The highest BCUT2D eigenvalue weighted by Gasteiger charge is 2.45. The van der Waals surface area contributed by atoms with Crippen LogP contribution in [0, 0.1) is 5.41 Å². The van der Waals surface area contributed by atoms with Crippen LogP contribution in [-0.2, 0) is 0 Å². The maximum Gasteiger partial charge on any atom is 0.137 e. The van der Waals surface area contributed by atoms with Gasteiger partial charge >= 0.3 is 0 Å². The molecule has 4 aromatic rings. The molecule has 2 fully saturated rings. The number of hydrogen-bond acceptors (Lipinski definition) is 4. The summed E-state index contributed by atoms with van der Waals surface area (Å²) in [5.74, 6) is 0. The Bertz CT molecular complexity index is 1460. The predicted octanol–water partition coefficient (Wildman–Crippen LogP) is 7.20. The zero-order valence-electron chi connectivity index (χ0n) is 24.3. The zero-order chi connectivity index (χ0) is 27.5. The summed E-state index contributed by atoms with van der Waals surface area (Å²) in [6.07, 6.45) is 19.2. The molecule has 0 bridgehead atoms. The second-order valence-electron chi connectivity index (χ2n) is 11.1. The van der Waals surface area contributed by atoms with Gasteiger partial charge in [0.15, 0.2) is 0 Å². The molecule has 4 aromatic heterocycles. The van der Waals surface area contributed by atoms with Gasteiger partial charge in [0.1, 0.15) is 11.3 Å². The smallest absolute Gasteiger partial charge is 0.137 e. The van der Waals surface area contributed by atoms with Crippen LogP contribution >= 0.6 is 0 Å². The Morgan fingerprint density at radius 2 is 1.67 bits per heavy atom. The largest absolute Gasteiger partial charge is 0.346 e. The molecule has 1 spiro atoms. The summed E-state index contributed by atoms with van der Waals surface area (Å²) in [6, 6.07) is 8.32. The average molecular weight is 525 g/mol. The van der Waals surface area contributed by atoms with Crippen LogP contribution in [0.3, 0.4) is 0 Å². The molecule has 3 aliphatic rings. The quantitative estimate of drug-likeness (QED) is 0.258. The summed E-state index contributed by atoms with van der Waals surface area (Å²) >= 11 is 0. The molecule has 0 amide bonds. The Morgan fingerprint density at radius 1 is 1.00 bits per heavy atom. The molecule has 39 heavy (non-hydrogen) atoms. The van der Waals surface area contributed by atoms with Crippen molar-refractivity contribution in [2.45, 2.75) is 65.3 Å². The molecule has 1 aliphatic heterocycles. The van der Waals surface area contributed by atoms with Crippen molar-refractivity contribution in [3.8, 4) is 0 Å². The van der Waals surface area contributed by atoms with Crippen LogP contribution in [0.15, 0.2) is 61.2 Å². The fourth-order valence-electron chi connectivity index (χ4n) is 6.54. The standard InChI is InChI=1S/C16H19N3.C15H19N3.C2H6/c1-19-10-12(8-16(11-19)5-3-6-16)14-9-18-15-13(14)4-2-7-17-15;1-3-13(15(7-8-15)18-4-2)12-10-17-14-11(12)6-5-9-16-14;1-2/h2,4,7-9H,3,5-6,10-11H2,1H3,(H,17,18);3,5-6,9-10,18H,4,7-8H2,1-2H3,(H,16,17);1-2H3/b;13-3-;. The van der Waals surface area contributed by atoms with E-state index < -0.39 is 0 Å². The molecule has 7 rings (SSSR count). The number of H-pyrrole nitrogens is 2. The Hall–Kier alpha value is -3.22. The number of hydrogen-bond donors (Lipinski definition) is 3. The van der Waals surface area contributed by atoms with Gasteiger partial charge in [0.2, 0.25) is 0 Å². The minimum atomic E-state index is 0.203. The lowest BCUT2D eigenvalue weighted by atomic mass is 9.66. The van der Waals surface area contributed by atoms with Gasteiger partial charge < -0.3 is 20.2 Å². The van der Waals surface area contributed by atoms with E-state index in [0.29, 0.717) is 5.41 Å². The molecule has 5 heterocycles.